The van der Waals surface area contributed by atoms with Gasteiger partial charge in [0.25, 0.3) is 0 Å². The predicted molar refractivity (Wildman–Crippen MR) is 159 cm³/mol. The molecule has 0 spiro atoms. The molecule has 0 aliphatic rings. The van der Waals surface area contributed by atoms with Gasteiger partial charge in [-0.2, -0.15) is 0 Å². The van der Waals surface area contributed by atoms with E-state index in [9.17, 15) is 18.0 Å². The molecule has 0 heterocycles. The van der Waals surface area contributed by atoms with Crippen LogP contribution in [0.15, 0.2) is 78.9 Å². The maximum atomic E-state index is 14.1. The Morgan fingerprint density at radius 2 is 1.68 bits per heavy atom. The first-order valence-corrected chi connectivity index (χ1v) is 15.3. The molecular weight excluding hydrogens is 550 g/mol. The standard InChI is InChI=1S/C30H36ClN3O5S/c1-4-5-17-32-30(36)28(19-23-11-7-6-8-12-23)33(21-24-13-9-16-27(18-24)39-2)29(35)22-34(40(3,37)38)26-15-10-14-25(31)20-26/h6-16,18,20,28H,4-5,17,19,21-22H2,1-3H3,(H,32,36)/t28-/m1/s1. The van der Waals surface area contributed by atoms with Gasteiger partial charge in [0.2, 0.25) is 21.8 Å². The monoisotopic (exact) mass is 585 g/mol. The van der Waals surface area contributed by atoms with Gasteiger partial charge in [0.05, 0.1) is 19.1 Å². The lowest BCUT2D eigenvalue weighted by molar-refractivity contribution is -0.140. The van der Waals surface area contributed by atoms with Gasteiger partial charge in [0.1, 0.15) is 18.3 Å². The predicted octanol–water partition coefficient (Wildman–Crippen LogP) is 4.67. The van der Waals surface area contributed by atoms with Crippen LogP contribution in [0.4, 0.5) is 5.69 Å². The minimum absolute atomic E-state index is 0.0713. The van der Waals surface area contributed by atoms with Crippen LogP contribution in [0.25, 0.3) is 0 Å². The summed E-state index contributed by atoms with van der Waals surface area (Å²) in [5.74, 6) is -0.226. The zero-order valence-electron chi connectivity index (χ0n) is 23.0. The van der Waals surface area contributed by atoms with Gasteiger partial charge in [-0.15, -0.1) is 0 Å². The van der Waals surface area contributed by atoms with Crippen molar-refractivity contribution in [1.29, 1.82) is 0 Å². The third-order valence-corrected chi connectivity index (χ3v) is 7.74. The number of halogens is 1. The first-order chi connectivity index (χ1) is 19.1. The van der Waals surface area contributed by atoms with Crippen LogP contribution >= 0.6 is 11.6 Å². The van der Waals surface area contributed by atoms with E-state index < -0.39 is 28.5 Å². The van der Waals surface area contributed by atoms with Crippen molar-refractivity contribution in [2.24, 2.45) is 0 Å². The van der Waals surface area contributed by atoms with Gasteiger partial charge in [0.15, 0.2) is 0 Å². The van der Waals surface area contributed by atoms with Crippen molar-refractivity contribution in [2.45, 2.75) is 38.8 Å². The van der Waals surface area contributed by atoms with Gasteiger partial charge >= 0.3 is 0 Å². The van der Waals surface area contributed by atoms with Crippen LogP contribution in [0.1, 0.15) is 30.9 Å². The second-order valence-corrected chi connectivity index (χ2v) is 11.8. The molecule has 1 atom stereocenters. The maximum Gasteiger partial charge on any atom is 0.244 e. The van der Waals surface area contributed by atoms with E-state index in [1.807, 2.05) is 43.3 Å². The number of benzene rings is 3. The number of anilines is 1. The Balaban J connectivity index is 2.04. The highest BCUT2D eigenvalue weighted by molar-refractivity contribution is 7.92. The average molecular weight is 586 g/mol. The molecular formula is C30H36ClN3O5S. The summed E-state index contributed by atoms with van der Waals surface area (Å²) in [6, 6.07) is 22.1. The Bertz CT molecular complexity index is 1380. The van der Waals surface area contributed by atoms with E-state index in [-0.39, 0.29) is 24.6 Å². The van der Waals surface area contributed by atoms with Gasteiger partial charge in [-0.3, -0.25) is 13.9 Å². The topological polar surface area (TPSA) is 96.0 Å². The largest absolute Gasteiger partial charge is 0.497 e. The number of carbonyl (C=O) groups is 2. The lowest BCUT2D eigenvalue weighted by Gasteiger charge is -2.33. The molecule has 3 aromatic rings. The van der Waals surface area contributed by atoms with Crippen molar-refractivity contribution in [1.82, 2.24) is 10.2 Å². The molecule has 2 amide bonds. The average Bonchev–Trinajstić information content (AvgIpc) is 2.93. The van der Waals surface area contributed by atoms with E-state index in [0.29, 0.717) is 17.3 Å². The third kappa shape index (κ3) is 8.99. The molecule has 0 fully saturated rings. The van der Waals surface area contributed by atoms with Gasteiger partial charge in [-0.25, -0.2) is 8.42 Å². The lowest BCUT2D eigenvalue weighted by atomic mass is 10.0. The molecule has 8 nitrogen and oxygen atoms in total. The molecule has 0 saturated carbocycles. The normalized spacial score (nSPS) is 11.9. The molecule has 0 saturated heterocycles. The number of amides is 2. The van der Waals surface area contributed by atoms with Gasteiger partial charge in [-0.1, -0.05) is 73.5 Å². The van der Waals surface area contributed by atoms with E-state index in [0.717, 1.165) is 34.5 Å². The molecule has 3 aromatic carbocycles. The van der Waals surface area contributed by atoms with Gasteiger partial charge < -0.3 is 15.0 Å². The van der Waals surface area contributed by atoms with Crippen molar-refractivity contribution in [2.75, 3.05) is 30.8 Å². The zero-order chi connectivity index (χ0) is 29.1. The Labute approximate surface area is 241 Å². The number of sulfonamides is 1. The Morgan fingerprint density at radius 3 is 2.33 bits per heavy atom. The number of carbonyl (C=O) groups excluding carboxylic acids is 2. The summed E-state index contributed by atoms with van der Waals surface area (Å²) in [5, 5.41) is 3.30. The molecule has 1 N–H and O–H groups in total. The minimum atomic E-state index is -3.86. The second-order valence-electron chi connectivity index (χ2n) is 9.47. The van der Waals surface area contributed by atoms with Crippen molar-refractivity contribution in [3.05, 3.63) is 95.0 Å². The summed E-state index contributed by atoms with van der Waals surface area (Å²) in [4.78, 5) is 29.1. The summed E-state index contributed by atoms with van der Waals surface area (Å²) in [6.45, 7) is 2.07. The van der Waals surface area contributed by atoms with E-state index in [1.165, 1.54) is 11.0 Å². The summed E-state index contributed by atoms with van der Waals surface area (Å²) < 4.78 is 32.0. The summed E-state index contributed by atoms with van der Waals surface area (Å²) in [5.41, 5.74) is 1.87. The Kier molecular flexibility index (Phi) is 11.4. The van der Waals surface area contributed by atoms with Crippen molar-refractivity contribution < 1.29 is 22.7 Å². The van der Waals surface area contributed by atoms with E-state index in [4.69, 9.17) is 16.3 Å². The van der Waals surface area contributed by atoms with E-state index in [2.05, 4.69) is 5.32 Å². The van der Waals surface area contributed by atoms with Crippen molar-refractivity contribution in [3.8, 4) is 5.75 Å². The van der Waals surface area contributed by atoms with Crippen molar-refractivity contribution in [3.63, 3.8) is 0 Å². The fraction of sp³-hybridized carbons (Fsp3) is 0.333. The highest BCUT2D eigenvalue weighted by Crippen LogP contribution is 2.24. The van der Waals surface area contributed by atoms with Crippen LogP contribution in [-0.2, 0) is 32.6 Å². The molecule has 214 valence electrons. The van der Waals surface area contributed by atoms with Gasteiger partial charge in [0, 0.05) is 24.5 Å². The number of ether oxygens (including phenoxy) is 1. The number of nitrogens with zero attached hydrogens (tertiary/aromatic N) is 2. The second kappa shape index (κ2) is 14.7. The molecule has 0 aromatic heterocycles. The third-order valence-electron chi connectivity index (χ3n) is 6.36. The number of methoxy groups -OCH3 is 1. The van der Waals surface area contributed by atoms with Crippen LogP contribution in [-0.4, -0.2) is 57.6 Å². The number of hydrogen-bond acceptors (Lipinski definition) is 5. The number of hydrogen-bond donors (Lipinski definition) is 1. The molecule has 0 radical (unpaired) electrons. The fourth-order valence-corrected chi connectivity index (χ4v) is 5.30. The summed E-state index contributed by atoms with van der Waals surface area (Å²) in [6.07, 6.45) is 2.99. The molecule has 3 rings (SSSR count). The molecule has 0 aliphatic carbocycles. The highest BCUT2D eigenvalue weighted by atomic mass is 35.5. The Hall–Kier alpha value is -3.56. The molecule has 0 bridgehead atoms. The molecule has 10 heteroatoms. The maximum absolute atomic E-state index is 14.1. The first kappa shape index (κ1) is 31.0. The number of nitrogens with one attached hydrogen (secondary N) is 1. The van der Waals surface area contributed by atoms with Crippen molar-refractivity contribution >= 4 is 39.1 Å². The van der Waals surface area contributed by atoms with Crippen LogP contribution in [0.2, 0.25) is 5.02 Å². The van der Waals surface area contributed by atoms with Crippen LogP contribution in [0.5, 0.6) is 5.75 Å². The molecule has 0 unspecified atom stereocenters. The van der Waals surface area contributed by atoms with Crippen LogP contribution < -0.4 is 14.4 Å². The van der Waals surface area contributed by atoms with Gasteiger partial charge in [-0.05, 0) is 47.9 Å². The fourth-order valence-electron chi connectivity index (χ4n) is 4.27. The van der Waals surface area contributed by atoms with Crippen LogP contribution in [0, 0.1) is 0 Å². The lowest BCUT2D eigenvalue weighted by Crippen LogP contribution is -2.53. The highest BCUT2D eigenvalue weighted by Gasteiger charge is 2.33. The summed E-state index contributed by atoms with van der Waals surface area (Å²) >= 11 is 6.14. The minimum Gasteiger partial charge on any atom is -0.497 e. The number of unbranched alkanes of at least 4 members (excludes halogenated alkanes) is 1. The zero-order valence-corrected chi connectivity index (χ0v) is 24.6. The quantitative estimate of drug-likeness (QED) is 0.277. The summed E-state index contributed by atoms with van der Waals surface area (Å²) in [7, 11) is -2.31. The molecule has 0 aliphatic heterocycles. The van der Waals surface area contributed by atoms with Crippen LogP contribution in [0.3, 0.4) is 0 Å². The van der Waals surface area contributed by atoms with E-state index >= 15 is 0 Å². The SMILES string of the molecule is CCCCNC(=O)[C@@H](Cc1ccccc1)N(Cc1cccc(OC)c1)C(=O)CN(c1cccc(Cl)c1)S(C)(=O)=O. The Morgan fingerprint density at radius 1 is 0.975 bits per heavy atom. The molecule has 40 heavy (non-hydrogen) atoms. The smallest absolute Gasteiger partial charge is 0.244 e. The number of rotatable bonds is 14. The van der Waals surface area contributed by atoms with E-state index in [1.54, 1.807) is 43.5 Å². The first-order valence-electron chi connectivity index (χ1n) is 13.1.